The molecule has 9 nitrogen and oxygen atoms in total. The number of hydrogen-bond donors (Lipinski definition) is 2. The van der Waals surface area contributed by atoms with Crippen LogP contribution in [-0.2, 0) is 6.18 Å². The third kappa shape index (κ3) is 3.58. The van der Waals surface area contributed by atoms with Gasteiger partial charge in [-0.3, -0.25) is 9.50 Å². The van der Waals surface area contributed by atoms with Crippen molar-refractivity contribution in [2.45, 2.75) is 25.2 Å². The lowest BCUT2D eigenvalue weighted by molar-refractivity contribution is -0.141. The van der Waals surface area contributed by atoms with Crippen LogP contribution in [0.15, 0.2) is 43.2 Å². The first-order valence-corrected chi connectivity index (χ1v) is 9.62. The van der Waals surface area contributed by atoms with Gasteiger partial charge in [0.15, 0.2) is 17.2 Å². The topological polar surface area (TPSA) is 99.9 Å². The van der Waals surface area contributed by atoms with E-state index in [9.17, 15) is 13.2 Å². The molecule has 2 atom stereocenters. The minimum Gasteiger partial charge on any atom is -0.351 e. The number of nitrogens with one attached hydrogen (secondary N) is 2. The van der Waals surface area contributed by atoms with Gasteiger partial charge in [0.1, 0.15) is 11.5 Å². The minimum absolute atomic E-state index is 0.0737. The maximum Gasteiger partial charge on any atom is 0.434 e. The second kappa shape index (κ2) is 7.30. The fourth-order valence-electron chi connectivity index (χ4n) is 3.69. The van der Waals surface area contributed by atoms with Crippen molar-refractivity contribution in [3.8, 4) is 11.5 Å². The van der Waals surface area contributed by atoms with Crippen LogP contribution in [0.4, 0.5) is 19.0 Å². The maximum atomic E-state index is 13.1. The number of fused-ring (bicyclic) bond motifs is 1. The number of anilines is 1. The molecule has 0 bridgehead atoms. The molecular weight excluding hydrogens is 411 g/mol. The van der Waals surface area contributed by atoms with Crippen molar-refractivity contribution < 1.29 is 13.2 Å². The molecule has 0 aliphatic carbocycles. The summed E-state index contributed by atoms with van der Waals surface area (Å²) in [4.78, 5) is 18.7. The van der Waals surface area contributed by atoms with E-state index in [1.54, 1.807) is 18.5 Å². The van der Waals surface area contributed by atoms with E-state index in [2.05, 4.69) is 47.3 Å². The van der Waals surface area contributed by atoms with Crippen molar-refractivity contribution in [2.24, 2.45) is 0 Å². The van der Waals surface area contributed by atoms with Crippen molar-refractivity contribution >= 4 is 11.5 Å². The Balaban J connectivity index is 1.50. The van der Waals surface area contributed by atoms with Crippen LogP contribution >= 0.6 is 0 Å². The van der Waals surface area contributed by atoms with E-state index in [1.807, 2.05) is 6.20 Å². The van der Waals surface area contributed by atoms with Gasteiger partial charge in [0.05, 0.1) is 24.6 Å². The molecule has 4 aromatic heterocycles. The van der Waals surface area contributed by atoms with Crippen LogP contribution in [0.2, 0.25) is 0 Å². The summed E-state index contributed by atoms with van der Waals surface area (Å²) in [5.74, 6) is 0.975. The number of rotatable bonds is 3. The van der Waals surface area contributed by atoms with Gasteiger partial charge in [-0.2, -0.15) is 18.3 Å². The first kappa shape index (κ1) is 19.4. The van der Waals surface area contributed by atoms with Gasteiger partial charge >= 0.3 is 6.18 Å². The van der Waals surface area contributed by atoms with Crippen LogP contribution in [0, 0.1) is 0 Å². The summed E-state index contributed by atoms with van der Waals surface area (Å²) in [5.41, 5.74) is 0.681. The molecule has 0 amide bonds. The molecule has 0 spiro atoms. The van der Waals surface area contributed by atoms with Gasteiger partial charge in [-0.25, -0.2) is 19.9 Å². The van der Waals surface area contributed by atoms with E-state index in [1.165, 1.54) is 10.6 Å². The molecule has 31 heavy (non-hydrogen) atoms. The summed E-state index contributed by atoms with van der Waals surface area (Å²) in [7, 11) is 0. The Morgan fingerprint density at radius 1 is 1.13 bits per heavy atom. The Kier molecular flexibility index (Phi) is 4.58. The average molecular weight is 429 g/mol. The highest BCUT2D eigenvalue weighted by molar-refractivity contribution is 5.58. The normalized spacial score (nSPS) is 19.8. The van der Waals surface area contributed by atoms with Crippen LogP contribution in [0.1, 0.15) is 24.2 Å². The van der Waals surface area contributed by atoms with E-state index in [0.29, 0.717) is 18.1 Å². The molecule has 1 saturated heterocycles. The molecular formula is C19H18F3N9. The molecule has 0 radical (unpaired) electrons. The fourth-order valence-corrected chi connectivity index (χ4v) is 3.69. The third-order valence-electron chi connectivity index (χ3n) is 5.34. The molecule has 2 N–H and O–H groups in total. The standard InChI is InChI=1S/C19H18F3N9/c1-11-4-24-13(12-5-27-28-6-12)9-30(11)16-2-3-23-18(29-16)14-7-26-17-8-25-15(10-31(14)17)19(20,21)22/h2-3,5-8,10-11,13,24H,4,9H2,1H3,(H,27,28). The van der Waals surface area contributed by atoms with Crippen LogP contribution in [0.5, 0.6) is 0 Å². The molecule has 4 aromatic rings. The molecule has 5 rings (SSSR count). The third-order valence-corrected chi connectivity index (χ3v) is 5.34. The number of piperazine rings is 1. The van der Waals surface area contributed by atoms with Crippen LogP contribution in [0.3, 0.4) is 0 Å². The molecule has 5 heterocycles. The lowest BCUT2D eigenvalue weighted by atomic mass is 10.1. The Morgan fingerprint density at radius 2 is 2.00 bits per heavy atom. The van der Waals surface area contributed by atoms with Crippen molar-refractivity contribution in [1.82, 2.24) is 39.9 Å². The number of imidazole rings is 1. The molecule has 0 aromatic carbocycles. The number of halogens is 3. The summed E-state index contributed by atoms with van der Waals surface area (Å²) >= 11 is 0. The first-order valence-electron chi connectivity index (χ1n) is 9.62. The van der Waals surface area contributed by atoms with E-state index in [4.69, 9.17) is 0 Å². The number of H-pyrrole nitrogens is 1. The lowest BCUT2D eigenvalue weighted by Crippen LogP contribution is -2.51. The molecule has 12 heteroatoms. The second-order valence-corrected chi connectivity index (χ2v) is 7.37. The zero-order valence-corrected chi connectivity index (χ0v) is 16.4. The number of aromatic amines is 1. The molecule has 160 valence electrons. The van der Waals surface area contributed by atoms with E-state index in [-0.39, 0.29) is 23.6 Å². The molecule has 0 saturated carbocycles. The number of aromatic nitrogens is 7. The van der Waals surface area contributed by atoms with Crippen LogP contribution in [0.25, 0.3) is 17.2 Å². The second-order valence-electron chi connectivity index (χ2n) is 7.37. The first-order chi connectivity index (χ1) is 14.9. The monoisotopic (exact) mass is 429 g/mol. The largest absolute Gasteiger partial charge is 0.434 e. The number of hydrogen-bond acceptors (Lipinski definition) is 7. The molecule has 1 aliphatic rings. The highest BCUT2D eigenvalue weighted by Crippen LogP contribution is 2.29. The smallest absolute Gasteiger partial charge is 0.351 e. The Labute approximate surface area is 174 Å². The van der Waals surface area contributed by atoms with Gasteiger partial charge in [-0.05, 0) is 13.0 Å². The fraction of sp³-hybridized carbons (Fsp3) is 0.316. The Bertz CT molecular complexity index is 1200. The number of alkyl halides is 3. The van der Waals surface area contributed by atoms with E-state index < -0.39 is 11.9 Å². The van der Waals surface area contributed by atoms with Gasteiger partial charge in [0, 0.05) is 43.3 Å². The summed E-state index contributed by atoms with van der Waals surface area (Å²) in [6.45, 7) is 3.48. The molecule has 1 fully saturated rings. The average Bonchev–Trinajstić information content (AvgIpc) is 3.43. The van der Waals surface area contributed by atoms with Gasteiger partial charge in [-0.1, -0.05) is 0 Å². The van der Waals surface area contributed by atoms with E-state index in [0.717, 1.165) is 24.5 Å². The summed E-state index contributed by atoms with van der Waals surface area (Å²) in [5, 5.41) is 10.3. The predicted molar refractivity (Wildman–Crippen MR) is 105 cm³/mol. The zero-order valence-electron chi connectivity index (χ0n) is 16.4. The summed E-state index contributed by atoms with van der Waals surface area (Å²) in [6.07, 6.45) is 4.12. The van der Waals surface area contributed by atoms with Gasteiger partial charge in [0.2, 0.25) is 0 Å². The quantitative estimate of drug-likeness (QED) is 0.516. The Morgan fingerprint density at radius 3 is 2.77 bits per heavy atom. The predicted octanol–water partition coefficient (Wildman–Crippen LogP) is 2.47. The van der Waals surface area contributed by atoms with Crippen LogP contribution in [-0.4, -0.2) is 53.7 Å². The lowest BCUT2D eigenvalue weighted by Gasteiger charge is -2.39. The summed E-state index contributed by atoms with van der Waals surface area (Å²) in [6, 6.07) is 2.03. The highest BCUT2D eigenvalue weighted by Gasteiger charge is 2.33. The molecule has 1 aliphatic heterocycles. The van der Waals surface area contributed by atoms with Crippen LogP contribution < -0.4 is 10.2 Å². The molecule has 2 unspecified atom stereocenters. The van der Waals surface area contributed by atoms with Gasteiger partial charge in [0.25, 0.3) is 0 Å². The highest BCUT2D eigenvalue weighted by atomic mass is 19.4. The SMILES string of the molecule is CC1CNC(c2cn[nH]c2)CN1c1ccnc(-c2cnc3cnc(C(F)(F)F)cn23)n1. The zero-order chi connectivity index (χ0) is 21.6. The number of nitrogens with zero attached hydrogens (tertiary/aromatic N) is 7. The van der Waals surface area contributed by atoms with E-state index >= 15 is 0 Å². The van der Waals surface area contributed by atoms with Gasteiger partial charge < -0.3 is 10.2 Å². The van der Waals surface area contributed by atoms with Crippen molar-refractivity contribution in [3.63, 3.8) is 0 Å². The van der Waals surface area contributed by atoms with Crippen molar-refractivity contribution in [2.75, 3.05) is 18.0 Å². The van der Waals surface area contributed by atoms with Gasteiger partial charge in [-0.15, -0.1) is 0 Å². The summed E-state index contributed by atoms with van der Waals surface area (Å²) < 4.78 is 40.6. The Hall–Kier alpha value is -3.54. The van der Waals surface area contributed by atoms with Crippen molar-refractivity contribution in [3.05, 3.63) is 54.5 Å². The van der Waals surface area contributed by atoms with Crippen molar-refractivity contribution in [1.29, 1.82) is 0 Å². The minimum atomic E-state index is -4.56. The maximum absolute atomic E-state index is 13.1.